The molecule has 8 heteroatoms. The summed E-state index contributed by atoms with van der Waals surface area (Å²) in [6, 6.07) is 15.6. The Morgan fingerprint density at radius 3 is 2.44 bits per heavy atom. The van der Waals surface area contributed by atoms with Crippen LogP contribution in [0.3, 0.4) is 0 Å². The fraction of sp³-hybridized carbons (Fsp3) is 0.158. The van der Waals surface area contributed by atoms with Crippen molar-refractivity contribution in [3.05, 3.63) is 75.1 Å². The van der Waals surface area contributed by atoms with Gasteiger partial charge in [0.25, 0.3) is 5.91 Å². The maximum absolute atomic E-state index is 12.9. The molecule has 0 bridgehead atoms. The van der Waals surface area contributed by atoms with Crippen LogP contribution < -0.4 is 0 Å². The monoisotopic (exact) mass is 416 g/mol. The van der Waals surface area contributed by atoms with Crippen LogP contribution in [-0.2, 0) is 14.6 Å². The second-order valence-electron chi connectivity index (χ2n) is 6.07. The largest absolute Gasteiger partial charge is 0.272 e. The van der Waals surface area contributed by atoms with Crippen LogP contribution in [0.15, 0.2) is 75.4 Å². The van der Waals surface area contributed by atoms with E-state index in [0.29, 0.717) is 6.42 Å². The molecule has 3 aromatic rings. The molecular formula is C19H16N2O3S3. The second kappa shape index (κ2) is 7.38. The Kier molecular flexibility index (Phi) is 4.94. The first-order chi connectivity index (χ1) is 13.0. The van der Waals surface area contributed by atoms with E-state index in [1.54, 1.807) is 40.9 Å². The quantitative estimate of drug-likeness (QED) is 0.632. The minimum absolute atomic E-state index is 0.146. The van der Waals surface area contributed by atoms with Crippen LogP contribution in [0.2, 0.25) is 0 Å². The van der Waals surface area contributed by atoms with Gasteiger partial charge in [0.2, 0.25) is 0 Å². The Morgan fingerprint density at radius 2 is 1.78 bits per heavy atom. The summed E-state index contributed by atoms with van der Waals surface area (Å²) < 4.78 is 25.2. The lowest BCUT2D eigenvalue weighted by Crippen LogP contribution is -2.32. The Labute approximate surface area is 165 Å². The van der Waals surface area contributed by atoms with Crippen molar-refractivity contribution in [1.29, 1.82) is 0 Å². The number of carbonyl (C=O) groups is 1. The average molecular weight is 417 g/mol. The summed E-state index contributed by atoms with van der Waals surface area (Å²) in [4.78, 5) is 15.0. The van der Waals surface area contributed by atoms with E-state index in [0.717, 1.165) is 15.5 Å². The minimum atomic E-state index is -3.71. The highest BCUT2D eigenvalue weighted by atomic mass is 32.2. The van der Waals surface area contributed by atoms with Crippen molar-refractivity contribution in [3.8, 4) is 0 Å². The summed E-state index contributed by atoms with van der Waals surface area (Å²) in [6.07, 6.45) is 0.581. The number of rotatable bonds is 5. The molecule has 1 amide bonds. The van der Waals surface area contributed by atoms with E-state index >= 15 is 0 Å². The SMILES string of the molecule is O=C(CS(=O)(=O)c1ccccc1)N1N=C(c2cccs2)CC1c1cccs1. The van der Waals surface area contributed by atoms with Gasteiger partial charge in [-0.15, -0.1) is 22.7 Å². The van der Waals surface area contributed by atoms with E-state index in [1.165, 1.54) is 17.1 Å². The van der Waals surface area contributed by atoms with Crippen molar-refractivity contribution >= 4 is 44.1 Å². The average Bonchev–Trinajstić information content (AvgIpc) is 3.41. The summed E-state index contributed by atoms with van der Waals surface area (Å²) >= 11 is 3.10. The van der Waals surface area contributed by atoms with E-state index in [-0.39, 0.29) is 10.9 Å². The van der Waals surface area contributed by atoms with Gasteiger partial charge in [0, 0.05) is 11.3 Å². The van der Waals surface area contributed by atoms with Crippen molar-refractivity contribution in [2.75, 3.05) is 5.75 Å². The van der Waals surface area contributed by atoms with Crippen LogP contribution in [-0.4, -0.2) is 30.8 Å². The van der Waals surface area contributed by atoms with Gasteiger partial charge >= 0.3 is 0 Å². The van der Waals surface area contributed by atoms with Crippen LogP contribution in [0.5, 0.6) is 0 Å². The van der Waals surface area contributed by atoms with E-state index in [1.807, 2.05) is 35.0 Å². The van der Waals surface area contributed by atoms with Gasteiger partial charge < -0.3 is 0 Å². The Balaban J connectivity index is 1.63. The van der Waals surface area contributed by atoms with Crippen LogP contribution in [0.25, 0.3) is 0 Å². The molecule has 4 rings (SSSR count). The third-order valence-electron chi connectivity index (χ3n) is 4.26. The van der Waals surface area contributed by atoms with Gasteiger partial charge in [0.05, 0.1) is 21.5 Å². The Hall–Kier alpha value is -2.29. The van der Waals surface area contributed by atoms with Crippen molar-refractivity contribution in [3.63, 3.8) is 0 Å². The number of hydrogen-bond donors (Lipinski definition) is 0. The first-order valence-electron chi connectivity index (χ1n) is 8.29. The molecule has 1 atom stereocenters. The lowest BCUT2D eigenvalue weighted by atomic mass is 10.1. The van der Waals surface area contributed by atoms with E-state index < -0.39 is 21.5 Å². The Bertz CT molecular complexity index is 1060. The van der Waals surface area contributed by atoms with Gasteiger partial charge in [0.1, 0.15) is 5.75 Å². The molecular weight excluding hydrogens is 400 g/mol. The molecule has 1 aliphatic heterocycles. The van der Waals surface area contributed by atoms with Gasteiger partial charge in [-0.05, 0) is 35.0 Å². The van der Waals surface area contributed by atoms with Crippen molar-refractivity contribution in [2.24, 2.45) is 5.10 Å². The molecule has 1 aromatic carbocycles. The number of hydrazone groups is 1. The number of benzene rings is 1. The van der Waals surface area contributed by atoms with Gasteiger partial charge in [-0.3, -0.25) is 4.79 Å². The number of carbonyl (C=O) groups excluding carboxylic acids is 1. The van der Waals surface area contributed by atoms with E-state index in [9.17, 15) is 13.2 Å². The molecule has 1 aliphatic rings. The zero-order valence-corrected chi connectivity index (χ0v) is 16.6. The second-order valence-corrected chi connectivity index (χ2v) is 9.99. The zero-order valence-electron chi connectivity index (χ0n) is 14.2. The molecule has 0 spiro atoms. The first kappa shape index (κ1) is 18.1. The predicted octanol–water partition coefficient (Wildman–Crippen LogP) is 3.96. The van der Waals surface area contributed by atoms with E-state index in [4.69, 9.17) is 0 Å². The maximum Gasteiger partial charge on any atom is 0.258 e. The fourth-order valence-electron chi connectivity index (χ4n) is 2.97. The van der Waals surface area contributed by atoms with Gasteiger partial charge in [0.15, 0.2) is 9.84 Å². The van der Waals surface area contributed by atoms with Crippen LogP contribution in [0, 0.1) is 0 Å². The highest BCUT2D eigenvalue weighted by Gasteiger charge is 2.36. The van der Waals surface area contributed by atoms with Crippen LogP contribution in [0.1, 0.15) is 22.2 Å². The lowest BCUT2D eigenvalue weighted by molar-refractivity contribution is -0.130. The molecule has 1 unspecified atom stereocenters. The predicted molar refractivity (Wildman–Crippen MR) is 108 cm³/mol. The zero-order chi connectivity index (χ0) is 18.9. The molecule has 0 aliphatic carbocycles. The number of hydrogen-bond acceptors (Lipinski definition) is 6. The molecule has 2 aromatic heterocycles. The van der Waals surface area contributed by atoms with Gasteiger partial charge in [-0.1, -0.05) is 30.3 Å². The van der Waals surface area contributed by atoms with Crippen molar-refractivity contribution in [2.45, 2.75) is 17.4 Å². The fourth-order valence-corrected chi connectivity index (χ4v) is 5.70. The summed E-state index contributed by atoms with van der Waals surface area (Å²) in [5.41, 5.74) is 0.814. The Morgan fingerprint density at radius 1 is 1.04 bits per heavy atom. The number of amides is 1. The topological polar surface area (TPSA) is 66.8 Å². The number of sulfone groups is 1. The molecule has 0 saturated heterocycles. The summed E-state index contributed by atoms with van der Waals surface area (Å²) in [6.45, 7) is 0. The highest BCUT2D eigenvalue weighted by molar-refractivity contribution is 7.92. The van der Waals surface area contributed by atoms with E-state index in [2.05, 4.69) is 5.10 Å². The van der Waals surface area contributed by atoms with Gasteiger partial charge in [-0.25, -0.2) is 13.4 Å². The molecule has 0 fully saturated rings. The summed E-state index contributed by atoms with van der Waals surface area (Å²) in [5, 5.41) is 9.75. The lowest BCUT2D eigenvalue weighted by Gasteiger charge is -2.20. The standard InChI is InChI=1S/C19H16N2O3S3/c22-19(13-27(23,24)14-6-2-1-3-7-14)21-16(18-9-5-11-26-18)12-15(20-21)17-8-4-10-25-17/h1-11,16H,12-13H2. The minimum Gasteiger partial charge on any atom is -0.272 e. The molecule has 0 saturated carbocycles. The third-order valence-corrected chi connectivity index (χ3v) is 7.77. The van der Waals surface area contributed by atoms with Gasteiger partial charge in [-0.2, -0.15) is 5.10 Å². The van der Waals surface area contributed by atoms with Crippen LogP contribution >= 0.6 is 22.7 Å². The number of nitrogens with zero attached hydrogens (tertiary/aromatic N) is 2. The normalized spacial score (nSPS) is 17.1. The molecule has 3 heterocycles. The number of thiophene rings is 2. The first-order valence-corrected chi connectivity index (χ1v) is 11.7. The maximum atomic E-state index is 12.9. The molecule has 5 nitrogen and oxygen atoms in total. The summed E-state index contributed by atoms with van der Waals surface area (Å²) in [5.74, 6) is -1.11. The van der Waals surface area contributed by atoms with Crippen molar-refractivity contribution in [1.82, 2.24) is 5.01 Å². The third kappa shape index (κ3) is 3.73. The molecule has 0 N–H and O–H groups in total. The molecule has 0 radical (unpaired) electrons. The highest BCUT2D eigenvalue weighted by Crippen LogP contribution is 2.36. The molecule has 27 heavy (non-hydrogen) atoms. The molecule has 138 valence electrons. The smallest absolute Gasteiger partial charge is 0.258 e. The van der Waals surface area contributed by atoms with Crippen molar-refractivity contribution < 1.29 is 13.2 Å². The van der Waals surface area contributed by atoms with Crippen LogP contribution in [0.4, 0.5) is 0 Å². The summed E-state index contributed by atoms with van der Waals surface area (Å²) in [7, 11) is -3.71.